The van der Waals surface area contributed by atoms with Crippen molar-refractivity contribution in [3.8, 4) is 0 Å². The van der Waals surface area contributed by atoms with Crippen molar-refractivity contribution >= 4 is 11.9 Å². The van der Waals surface area contributed by atoms with Crippen LogP contribution in [0.2, 0.25) is 0 Å². The lowest BCUT2D eigenvalue weighted by molar-refractivity contribution is -0.857. The molecule has 0 aliphatic carbocycles. The Balaban J connectivity index is 1.98. The van der Waals surface area contributed by atoms with Gasteiger partial charge in [0.15, 0.2) is 0 Å². The van der Waals surface area contributed by atoms with Gasteiger partial charge in [0.2, 0.25) is 0 Å². The van der Waals surface area contributed by atoms with Crippen molar-refractivity contribution in [3.63, 3.8) is 0 Å². The van der Waals surface area contributed by atoms with E-state index >= 15 is 0 Å². The number of likely N-dealkylation sites (N-methyl/N-ethyl adjacent to an activating group) is 1. The molecule has 138 valence electrons. The number of rotatable bonds is 6. The first kappa shape index (κ1) is 18.1. The van der Waals surface area contributed by atoms with Gasteiger partial charge < -0.3 is 15.1 Å². The summed E-state index contributed by atoms with van der Waals surface area (Å²) in [6, 6.07) is 5.07. The third kappa shape index (κ3) is 3.35. The van der Waals surface area contributed by atoms with Gasteiger partial charge >= 0.3 is 6.03 Å². The highest BCUT2D eigenvalue weighted by Crippen LogP contribution is 2.36. The number of nitrogens with zero attached hydrogens (tertiary/aromatic N) is 2. The number of halogens is 1. The van der Waals surface area contributed by atoms with Crippen LogP contribution >= 0.6 is 0 Å². The van der Waals surface area contributed by atoms with Gasteiger partial charge in [0.05, 0.1) is 51.0 Å². The summed E-state index contributed by atoms with van der Waals surface area (Å²) in [6.07, 6.45) is 1.63. The van der Waals surface area contributed by atoms with Gasteiger partial charge in [0.25, 0.3) is 5.91 Å². The zero-order valence-corrected chi connectivity index (χ0v) is 15.1. The highest BCUT2D eigenvalue weighted by molar-refractivity contribution is 6.01. The maximum absolute atomic E-state index is 13.7. The van der Waals surface area contributed by atoms with Crippen LogP contribution in [0.3, 0.4) is 0 Å². The third-order valence-corrected chi connectivity index (χ3v) is 4.67. The van der Waals surface area contributed by atoms with E-state index in [2.05, 4.69) is 11.9 Å². The quantitative estimate of drug-likeness (QED) is 0.719. The minimum atomic E-state index is -0.640. The molecular weight excluding hydrogens is 335 g/mol. The summed E-state index contributed by atoms with van der Waals surface area (Å²) in [4.78, 5) is 30.1. The van der Waals surface area contributed by atoms with Gasteiger partial charge in [-0.3, -0.25) is 9.69 Å². The molecule has 0 spiro atoms. The molecule has 2 aliphatic rings. The Morgan fingerprint density at radius 1 is 1.38 bits per heavy atom. The number of benzene rings is 1. The largest absolute Gasteiger partial charge is 0.338 e. The Labute approximate surface area is 152 Å². The van der Waals surface area contributed by atoms with Crippen molar-refractivity contribution in [1.29, 1.82) is 0 Å². The minimum absolute atomic E-state index is 0.107. The molecule has 0 saturated carbocycles. The molecule has 0 aromatic heterocycles. The lowest BCUT2D eigenvalue weighted by Crippen LogP contribution is -3.06. The van der Waals surface area contributed by atoms with Crippen LogP contribution in [0.15, 0.2) is 48.2 Å². The molecule has 3 amide bonds. The van der Waals surface area contributed by atoms with Crippen LogP contribution in [0.5, 0.6) is 0 Å². The van der Waals surface area contributed by atoms with Gasteiger partial charge in [0, 0.05) is 6.54 Å². The molecule has 2 aliphatic heterocycles. The lowest BCUT2D eigenvalue weighted by Gasteiger charge is -2.33. The molecule has 6 nitrogen and oxygen atoms in total. The normalized spacial score (nSPS) is 19.9. The summed E-state index contributed by atoms with van der Waals surface area (Å²) in [6.45, 7) is 5.80. The van der Waals surface area contributed by atoms with Crippen molar-refractivity contribution in [2.45, 2.75) is 6.04 Å². The van der Waals surface area contributed by atoms with E-state index in [1.54, 1.807) is 28.0 Å². The fourth-order valence-corrected chi connectivity index (χ4v) is 3.35. The monoisotopic (exact) mass is 359 g/mol. The van der Waals surface area contributed by atoms with Crippen LogP contribution in [-0.2, 0) is 4.79 Å². The molecular formula is C19H24FN4O2+. The van der Waals surface area contributed by atoms with Crippen molar-refractivity contribution in [2.75, 3.05) is 40.3 Å². The van der Waals surface area contributed by atoms with Crippen molar-refractivity contribution in [3.05, 3.63) is 59.6 Å². The van der Waals surface area contributed by atoms with E-state index in [1.807, 2.05) is 14.1 Å². The van der Waals surface area contributed by atoms with E-state index < -0.39 is 11.9 Å². The Kier molecular flexibility index (Phi) is 5.08. The van der Waals surface area contributed by atoms with Gasteiger partial charge in [-0.05, 0) is 17.7 Å². The number of amides is 3. The molecule has 1 aromatic rings. The summed E-state index contributed by atoms with van der Waals surface area (Å²) in [5.74, 6) is -0.504. The van der Waals surface area contributed by atoms with Gasteiger partial charge in [-0.2, -0.15) is 0 Å². The van der Waals surface area contributed by atoms with Crippen LogP contribution in [-0.4, -0.2) is 62.0 Å². The number of carbonyl (C=O) groups excluding carboxylic acids is 2. The number of hydrogen-bond donors (Lipinski definition) is 2. The molecule has 2 heterocycles. The van der Waals surface area contributed by atoms with Crippen LogP contribution in [0.1, 0.15) is 11.6 Å². The van der Waals surface area contributed by atoms with E-state index in [0.29, 0.717) is 36.5 Å². The van der Waals surface area contributed by atoms with Crippen LogP contribution < -0.4 is 10.2 Å². The van der Waals surface area contributed by atoms with Gasteiger partial charge in [-0.1, -0.05) is 18.2 Å². The minimum Gasteiger partial charge on any atom is -0.338 e. The summed E-state index contributed by atoms with van der Waals surface area (Å²) in [5.41, 5.74) is 1.77. The average Bonchev–Trinajstić information content (AvgIpc) is 2.92. The molecule has 0 radical (unpaired) electrons. The standard InChI is InChI=1S/C19H23FN4O2/c1-4-8-24-15-12-23(10-9-22(2)3)18(25)16(15)17(21-19(24)26)13-6-5-7-14(20)11-13/h4-7,11,17H,1,8-10,12H2,2-3H3,(H,21,26)/p+1/t17-/m0/s1. The Hall–Kier alpha value is -2.67. The van der Waals surface area contributed by atoms with Crippen LogP contribution in [0.4, 0.5) is 9.18 Å². The molecule has 0 saturated heterocycles. The number of quaternary nitrogens is 1. The first-order valence-electron chi connectivity index (χ1n) is 8.68. The van der Waals surface area contributed by atoms with E-state index in [4.69, 9.17) is 0 Å². The fourth-order valence-electron chi connectivity index (χ4n) is 3.35. The molecule has 2 N–H and O–H groups in total. The Morgan fingerprint density at radius 2 is 2.15 bits per heavy atom. The van der Waals surface area contributed by atoms with Crippen molar-refractivity contribution in [2.24, 2.45) is 0 Å². The number of urea groups is 1. The lowest BCUT2D eigenvalue weighted by atomic mass is 9.95. The smallest absolute Gasteiger partial charge is 0.322 e. The summed E-state index contributed by atoms with van der Waals surface area (Å²) >= 11 is 0. The third-order valence-electron chi connectivity index (χ3n) is 4.67. The summed E-state index contributed by atoms with van der Waals surface area (Å²) < 4.78 is 13.7. The zero-order valence-electron chi connectivity index (χ0n) is 15.1. The first-order chi connectivity index (χ1) is 12.4. The number of carbonyl (C=O) groups is 2. The summed E-state index contributed by atoms with van der Waals surface area (Å²) in [7, 11) is 4.05. The van der Waals surface area contributed by atoms with Crippen molar-refractivity contribution < 1.29 is 18.9 Å². The van der Waals surface area contributed by atoms with Gasteiger partial charge in [-0.25, -0.2) is 9.18 Å². The van der Waals surface area contributed by atoms with Crippen LogP contribution in [0, 0.1) is 5.82 Å². The molecule has 3 rings (SSSR count). The second kappa shape index (κ2) is 7.29. The topological polar surface area (TPSA) is 57.1 Å². The molecule has 7 heteroatoms. The SMILES string of the molecule is C=CCN1C(=O)N[C@@H](c2cccc(F)c2)C2=C1CN(CC[NH+](C)C)C2=O. The van der Waals surface area contributed by atoms with Crippen LogP contribution in [0.25, 0.3) is 0 Å². The highest BCUT2D eigenvalue weighted by Gasteiger charge is 2.43. The van der Waals surface area contributed by atoms with E-state index in [0.717, 1.165) is 6.54 Å². The molecule has 1 atom stereocenters. The molecule has 26 heavy (non-hydrogen) atoms. The van der Waals surface area contributed by atoms with E-state index in [9.17, 15) is 14.0 Å². The maximum Gasteiger partial charge on any atom is 0.322 e. The van der Waals surface area contributed by atoms with Gasteiger partial charge in [-0.15, -0.1) is 6.58 Å². The zero-order chi connectivity index (χ0) is 18.8. The second-order valence-corrected chi connectivity index (χ2v) is 6.88. The van der Waals surface area contributed by atoms with E-state index in [1.165, 1.54) is 17.0 Å². The molecule has 0 fully saturated rings. The average molecular weight is 359 g/mol. The molecule has 1 aromatic carbocycles. The summed E-state index contributed by atoms with van der Waals surface area (Å²) in [5, 5.41) is 2.84. The van der Waals surface area contributed by atoms with E-state index in [-0.39, 0.29) is 11.9 Å². The number of hydrogen-bond acceptors (Lipinski definition) is 2. The maximum atomic E-state index is 13.7. The Morgan fingerprint density at radius 3 is 2.81 bits per heavy atom. The fraction of sp³-hybridized carbons (Fsp3) is 0.368. The molecule has 0 bridgehead atoms. The van der Waals surface area contributed by atoms with Gasteiger partial charge in [0.1, 0.15) is 5.82 Å². The molecule has 0 unspecified atom stereocenters. The predicted molar refractivity (Wildman–Crippen MR) is 95.9 cm³/mol. The second-order valence-electron chi connectivity index (χ2n) is 6.88. The predicted octanol–water partition coefficient (Wildman–Crippen LogP) is 0.319. The Bertz CT molecular complexity index is 775. The highest BCUT2D eigenvalue weighted by atomic mass is 19.1. The van der Waals surface area contributed by atoms with Crippen molar-refractivity contribution in [1.82, 2.24) is 15.1 Å². The number of nitrogens with one attached hydrogen (secondary N) is 2. The first-order valence-corrected chi connectivity index (χ1v) is 8.68.